The maximum atomic E-state index is 6.54. The zero-order chi connectivity index (χ0) is 41.5. The van der Waals surface area contributed by atoms with Gasteiger partial charge in [0, 0.05) is 39.6 Å². The highest BCUT2D eigenvalue weighted by Crippen LogP contribution is 2.20. The monoisotopic (exact) mass is 815 g/mol. The quantitative estimate of drug-likeness (QED) is 0.0448. The van der Waals surface area contributed by atoms with E-state index in [1.165, 1.54) is 128 Å². The smallest absolute Gasteiger partial charge is 0.160 e. The Hall–Kier alpha value is -0.280. The van der Waals surface area contributed by atoms with Crippen molar-refractivity contribution in [1.29, 1.82) is 0 Å². The molecule has 0 aromatic rings. The van der Waals surface area contributed by atoms with Crippen molar-refractivity contribution in [1.82, 2.24) is 0 Å². The van der Waals surface area contributed by atoms with Crippen LogP contribution in [0, 0.1) is 0 Å². The van der Waals surface area contributed by atoms with Crippen molar-refractivity contribution in [3.8, 4) is 0 Å². The first-order valence-corrected chi connectivity index (χ1v) is 25.5. The maximum Gasteiger partial charge on any atom is 0.160 e. The Morgan fingerprint density at radius 3 is 0.702 bits per heavy atom. The van der Waals surface area contributed by atoms with Gasteiger partial charge in [0.15, 0.2) is 25.2 Å². The van der Waals surface area contributed by atoms with Crippen molar-refractivity contribution in [2.45, 2.75) is 285 Å². The van der Waals surface area contributed by atoms with Crippen LogP contribution in [0.3, 0.4) is 0 Å². The lowest BCUT2D eigenvalue weighted by Crippen LogP contribution is -2.28. The van der Waals surface area contributed by atoms with Gasteiger partial charge in [-0.1, -0.05) is 170 Å². The fourth-order valence-electron chi connectivity index (χ4n) is 7.11. The average molecular weight is 815 g/mol. The van der Waals surface area contributed by atoms with Gasteiger partial charge in [0.05, 0.1) is 0 Å². The van der Waals surface area contributed by atoms with E-state index in [9.17, 15) is 0 Å². The van der Waals surface area contributed by atoms with Gasteiger partial charge in [-0.05, 0) is 89.9 Å². The third-order valence-corrected chi connectivity index (χ3v) is 10.8. The van der Waals surface area contributed by atoms with E-state index in [1.54, 1.807) is 0 Å². The van der Waals surface area contributed by atoms with Crippen molar-refractivity contribution in [3.05, 3.63) is 0 Å². The second-order valence-corrected chi connectivity index (χ2v) is 16.7. The van der Waals surface area contributed by atoms with Crippen LogP contribution in [-0.4, -0.2) is 64.8 Å². The van der Waals surface area contributed by atoms with Crippen molar-refractivity contribution in [2.75, 3.05) is 39.6 Å². The Bertz CT molecular complexity index is 635. The van der Waals surface area contributed by atoms with Gasteiger partial charge >= 0.3 is 0 Å². The van der Waals surface area contributed by atoms with E-state index >= 15 is 0 Å². The van der Waals surface area contributed by atoms with Gasteiger partial charge in [0.2, 0.25) is 0 Å². The first kappa shape index (κ1) is 56.7. The van der Waals surface area contributed by atoms with Crippen LogP contribution >= 0.6 is 0 Å². The summed E-state index contributed by atoms with van der Waals surface area (Å²) in [6, 6.07) is 0. The molecule has 0 aliphatic rings. The van der Waals surface area contributed by atoms with Crippen LogP contribution in [0.5, 0.6) is 0 Å². The zero-order valence-electron chi connectivity index (χ0n) is 39.5. The molecule has 0 aromatic carbocycles. The molecule has 7 nitrogen and oxygen atoms in total. The Labute approximate surface area is 356 Å². The Morgan fingerprint density at radius 1 is 0.211 bits per heavy atom. The van der Waals surface area contributed by atoms with E-state index in [-0.39, 0.29) is 25.2 Å². The predicted molar refractivity (Wildman–Crippen MR) is 243 cm³/mol. The molecule has 57 heavy (non-hydrogen) atoms. The van der Waals surface area contributed by atoms with Gasteiger partial charge in [-0.3, -0.25) is 0 Å². The number of hydrogen-bond acceptors (Lipinski definition) is 7. The number of rotatable bonds is 50. The van der Waals surface area contributed by atoms with Crippen LogP contribution in [-0.2, 0) is 33.2 Å². The van der Waals surface area contributed by atoms with Gasteiger partial charge < -0.3 is 33.2 Å². The van der Waals surface area contributed by atoms with E-state index in [1.807, 2.05) is 0 Å². The third kappa shape index (κ3) is 42.2. The molecule has 0 N–H and O–H groups in total. The zero-order valence-corrected chi connectivity index (χ0v) is 39.5. The molecule has 0 rings (SSSR count). The molecule has 2 unspecified atom stereocenters. The molecule has 344 valence electrons. The number of hydrogen-bond donors (Lipinski definition) is 0. The molecule has 0 radical (unpaired) electrons. The van der Waals surface area contributed by atoms with Crippen molar-refractivity contribution < 1.29 is 33.2 Å². The summed E-state index contributed by atoms with van der Waals surface area (Å²) in [4.78, 5) is 0. The summed E-state index contributed by atoms with van der Waals surface area (Å²) in [6.07, 6.45) is 39.7. The molecule has 7 heteroatoms. The second-order valence-electron chi connectivity index (χ2n) is 16.7. The first-order chi connectivity index (χ1) is 28.1. The lowest BCUT2D eigenvalue weighted by molar-refractivity contribution is -0.249. The summed E-state index contributed by atoms with van der Waals surface area (Å²) in [5.74, 6) is 0. The lowest BCUT2D eigenvalue weighted by Gasteiger charge is -2.25. The van der Waals surface area contributed by atoms with Gasteiger partial charge in [-0.25, -0.2) is 0 Å². The Kier molecular flexibility index (Phi) is 48.1. The topological polar surface area (TPSA) is 64.6 Å². The second kappa shape index (κ2) is 48.4. The van der Waals surface area contributed by atoms with Crippen LogP contribution in [0.2, 0.25) is 0 Å². The van der Waals surface area contributed by atoms with E-state index in [4.69, 9.17) is 33.2 Å². The molecule has 0 heterocycles. The average Bonchev–Trinajstić information content (AvgIpc) is 3.22. The predicted octanol–water partition coefficient (Wildman–Crippen LogP) is 15.8. The number of unbranched alkanes of at least 4 members (excludes halogenated alkanes) is 22. The Balaban J connectivity index is 4.68. The van der Waals surface area contributed by atoms with Crippen LogP contribution in [0.4, 0.5) is 0 Å². The molecular weight excluding hydrogens is 713 g/mol. The first-order valence-electron chi connectivity index (χ1n) is 25.5. The summed E-state index contributed by atoms with van der Waals surface area (Å²) < 4.78 is 44.0. The minimum Gasteiger partial charge on any atom is -0.353 e. The Morgan fingerprint density at radius 2 is 0.439 bits per heavy atom. The van der Waals surface area contributed by atoms with Crippen molar-refractivity contribution >= 4 is 0 Å². The van der Waals surface area contributed by atoms with E-state index in [2.05, 4.69) is 41.5 Å². The summed E-state index contributed by atoms with van der Waals surface area (Å²) in [6.45, 7) is 18.1. The minimum atomic E-state index is -0.203. The summed E-state index contributed by atoms with van der Waals surface area (Å²) in [7, 11) is 0. The van der Waals surface area contributed by atoms with E-state index in [0.717, 1.165) is 130 Å². The molecule has 0 aliphatic carbocycles. The highest BCUT2D eigenvalue weighted by atomic mass is 16.8. The normalized spacial score (nSPS) is 13.1. The summed E-state index contributed by atoms with van der Waals surface area (Å²) in [5, 5.41) is 0. The largest absolute Gasteiger partial charge is 0.353 e. The molecule has 0 bridgehead atoms. The highest BCUT2D eigenvalue weighted by Gasteiger charge is 2.18. The lowest BCUT2D eigenvalue weighted by atomic mass is 10.1. The molecule has 0 amide bonds. The van der Waals surface area contributed by atoms with Crippen LogP contribution in [0.1, 0.15) is 260 Å². The molecule has 0 spiro atoms. The molecule has 0 aliphatic heterocycles. The summed E-state index contributed by atoms with van der Waals surface area (Å²) in [5.41, 5.74) is 0. The van der Waals surface area contributed by atoms with Crippen LogP contribution < -0.4 is 0 Å². The maximum absolute atomic E-state index is 6.54. The molecule has 0 fully saturated rings. The fraction of sp³-hybridized carbons (Fsp3) is 1.00. The minimum absolute atomic E-state index is 0.0545. The van der Waals surface area contributed by atoms with Crippen molar-refractivity contribution in [3.63, 3.8) is 0 Å². The SMILES string of the molecule is CCCCCCCOC(CCCCCCC(OCCC)OC(CCCCCCC(OCCCCCCC)OCCCCCCC)OCCC)OCCCCCCC. The molecule has 2 atom stereocenters. The highest BCUT2D eigenvalue weighted by molar-refractivity contribution is 4.58. The van der Waals surface area contributed by atoms with Crippen LogP contribution in [0.25, 0.3) is 0 Å². The van der Waals surface area contributed by atoms with E-state index < -0.39 is 0 Å². The summed E-state index contributed by atoms with van der Waals surface area (Å²) >= 11 is 0. The molecule has 0 saturated carbocycles. The van der Waals surface area contributed by atoms with Crippen LogP contribution in [0.15, 0.2) is 0 Å². The molecular formula is C50H102O7. The third-order valence-electron chi connectivity index (χ3n) is 10.8. The van der Waals surface area contributed by atoms with E-state index in [0.29, 0.717) is 0 Å². The molecule has 0 aromatic heterocycles. The number of ether oxygens (including phenoxy) is 7. The fourth-order valence-corrected chi connectivity index (χ4v) is 7.11. The van der Waals surface area contributed by atoms with Gasteiger partial charge in [0.25, 0.3) is 0 Å². The molecule has 0 saturated heterocycles. The van der Waals surface area contributed by atoms with Crippen molar-refractivity contribution in [2.24, 2.45) is 0 Å². The van der Waals surface area contributed by atoms with Gasteiger partial charge in [-0.15, -0.1) is 0 Å². The van der Waals surface area contributed by atoms with Gasteiger partial charge in [0.1, 0.15) is 0 Å². The standard InChI is InChI=1S/C50H102O7/c1-7-13-17-25-33-43-53-47(54-44-34-26-18-14-8-2)37-29-21-23-31-39-49(51-41-11-5)57-50(52-42-12-6)40-32-24-22-30-38-48(55-45-35-27-19-15-9-3)56-46-36-28-20-16-10-4/h47-50H,7-46H2,1-6H3. The van der Waals surface area contributed by atoms with Gasteiger partial charge in [-0.2, -0.15) is 0 Å².